The molecular weight excluding hydrogens is 191 g/mol. The fraction of sp³-hybridized carbons (Fsp3) is 0. The van der Waals surface area contributed by atoms with Crippen LogP contribution in [0.2, 0.25) is 0 Å². The quantitative estimate of drug-likeness (QED) is 0.372. The zero-order valence-corrected chi connectivity index (χ0v) is 9.10. The van der Waals surface area contributed by atoms with Crippen molar-refractivity contribution in [3.8, 4) is 5.75 Å². The van der Waals surface area contributed by atoms with Gasteiger partial charge in [0.05, 0.1) is 0 Å². The molecule has 0 radical (unpaired) electrons. The summed E-state index contributed by atoms with van der Waals surface area (Å²) in [6.07, 6.45) is 0. The molecule has 72 valence electrons. The first kappa shape index (κ1) is 11.1. The molecule has 2 heteroatoms. The number of fused-ring (bicyclic) bond motifs is 2. The molecule has 16 heavy (non-hydrogen) atoms. The molecule has 0 N–H and O–H groups in total. The van der Waals surface area contributed by atoms with E-state index in [1.807, 2.05) is 30.3 Å². The van der Waals surface area contributed by atoms with Gasteiger partial charge in [0.1, 0.15) is 0 Å². The molecule has 0 unspecified atom stereocenters. The Hall–Kier alpha value is -1.42. The van der Waals surface area contributed by atoms with Gasteiger partial charge in [-0.3, -0.25) is 0 Å². The third-order valence-corrected chi connectivity index (χ3v) is 2.71. The van der Waals surface area contributed by atoms with E-state index >= 15 is 0 Å². The van der Waals surface area contributed by atoms with E-state index in [1.165, 1.54) is 5.39 Å². The topological polar surface area (TPSA) is 23.1 Å². The summed E-state index contributed by atoms with van der Waals surface area (Å²) >= 11 is 0. The molecule has 0 fully saturated rings. The Morgan fingerprint density at radius 3 is 2.06 bits per heavy atom. The normalized spacial score (nSPS) is 10.2. The van der Waals surface area contributed by atoms with E-state index in [0.29, 0.717) is 0 Å². The van der Waals surface area contributed by atoms with Crippen LogP contribution in [0.25, 0.3) is 21.5 Å². The van der Waals surface area contributed by atoms with Crippen LogP contribution in [0.1, 0.15) is 0 Å². The molecule has 0 amide bonds. The molecule has 3 aromatic rings. The van der Waals surface area contributed by atoms with E-state index < -0.39 is 0 Å². The second-order valence-electron chi connectivity index (χ2n) is 3.68. The molecule has 0 spiro atoms. The van der Waals surface area contributed by atoms with E-state index in [4.69, 9.17) is 0 Å². The molecular formula is C14H9LiO. The molecule has 0 aromatic heterocycles. The van der Waals surface area contributed by atoms with Crippen molar-refractivity contribution in [2.75, 3.05) is 0 Å². The van der Waals surface area contributed by atoms with Crippen LogP contribution >= 0.6 is 0 Å². The van der Waals surface area contributed by atoms with Crippen LogP contribution in [0, 0.1) is 0 Å². The van der Waals surface area contributed by atoms with Crippen LogP contribution in [0.3, 0.4) is 0 Å². The molecule has 3 rings (SSSR count). The average Bonchev–Trinajstić information content (AvgIpc) is 2.27. The van der Waals surface area contributed by atoms with Crippen molar-refractivity contribution in [3.63, 3.8) is 0 Å². The van der Waals surface area contributed by atoms with Crippen molar-refractivity contribution in [3.05, 3.63) is 54.6 Å². The monoisotopic (exact) mass is 200 g/mol. The molecule has 0 bridgehead atoms. The van der Waals surface area contributed by atoms with Gasteiger partial charge in [0, 0.05) is 0 Å². The number of hydrogen-bond donors (Lipinski definition) is 0. The van der Waals surface area contributed by atoms with Gasteiger partial charge in [-0.25, -0.2) is 0 Å². The molecule has 3 aromatic carbocycles. The third kappa shape index (κ3) is 1.69. The van der Waals surface area contributed by atoms with Crippen LogP contribution in [0.15, 0.2) is 54.6 Å². The van der Waals surface area contributed by atoms with Crippen LogP contribution in [-0.4, -0.2) is 0 Å². The predicted molar refractivity (Wildman–Crippen MR) is 60.9 cm³/mol. The van der Waals surface area contributed by atoms with Crippen molar-refractivity contribution in [1.82, 2.24) is 0 Å². The predicted octanol–water partition coefficient (Wildman–Crippen LogP) is 0.0706. The van der Waals surface area contributed by atoms with Crippen LogP contribution in [-0.2, 0) is 0 Å². The Morgan fingerprint density at radius 2 is 1.31 bits per heavy atom. The molecule has 0 saturated carbocycles. The number of hydrogen-bond acceptors (Lipinski definition) is 1. The Morgan fingerprint density at radius 1 is 0.688 bits per heavy atom. The van der Waals surface area contributed by atoms with Crippen molar-refractivity contribution >= 4 is 21.5 Å². The maximum Gasteiger partial charge on any atom is 1.00 e. The standard InChI is InChI=1S/C14H10O.Li/c15-14-7-3-6-12-8-10-4-1-2-5-11(10)9-13(12)14;/h1-9,15H;/q;+1/p-1. The second-order valence-corrected chi connectivity index (χ2v) is 3.68. The number of benzene rings is 3. The smallest absolute Gasteiger partial charge is 0.872 e. The first-order valence-electron chi connectivity index (χ1n) is 4.93. The van der Waals surface area contributed by atoms with Gasteiger partial charge in [-0.15, -0.1) is 5.75 Å². The summed E-state index contributed by atoms with van der Waals surface area (Å²) in [5.41, 5.74) is 0. The summed E-state index contributed by atoms with van der Waals surface area (Å²) in [4.78, 5) is 0. The maximum absolute atomic E-state index is 11.6. The minimum Gasteiger partial charge on any atom is -0.872 e. The van der Waals surface area contributed by atoms with Gasteiger partial charge in [0.2, 0.25) is 0 Å². The van der Waals surface area contributed by atoms with Gasteiger partial charge in [-0.05, 0) is 33.7 Å². The molecule has 0 heterocycles. The fourth-order valence-corrected chi connectivity index (χ4v) is 1.94. The molecule has 0 atom stereocenters. The van der Waals surface area contributed by atoms with Crippen LogP contribution in [0.5, 0.6) is 5.75 Å². The fourth-order valence-electron chi connectivity index (χ4n) is 1.94. The maximum atomic E-state index is 11.6. The molecule has 1 nitrogen and oxygen atoms in total. The van der Waals surface area contributed by atoms with E-state index in [0.717, 1.165) is 16.2 Å². The summed E-state index contributed by atoms with van der Waals surface area (Å²) in [6, 6.07) is 17.5. The minimum absolute atomic E-state index is 0. The number of rotatable bonds is 0. The summed E-state index contributed by atoms with van der Waals surface area (Å²) in [7, 11) is 0. The summed E-state index contributed by atoms with van der Waals surface area (Å²) in [6.45, 7) is 0. The molecule has 0 saturated heterocycles. The zero-order chi connectivity index (χ0) is 10.3. The van der Waals surface area contributed by atoms with Gasteiger partial charge in [0.25, 0.3) is 0 Å². The minimum atomic E-state index is 0. The zero-order valence-electron chi connectivity index (χ0n) is 9.10. The van der Waals surface area contributed by atoms with E-state index in [1.54, 1.807) is 12.1 Å². The van der Waals surface area contributed by atoms with Crippen LogP contribution in [0.4, 0.5) is 0 Å². The Balaban J connectivity index is 0.000000963. The first-order chi connectivity index (χ1) is 7.34. The van der Waals surface area contributed by atoms with Gasteiger partial charge in [-0.2, -0.15) is 0 Å². The second kappa shape index (κ2) is 4.21. The van der Waals surface area contributed by atoms with E-state index in [-0.39, 0.29) is 24.6 Å². The van der Waals surface area contributed by atoms with Crippen molar-refractivity contribution in [2.24, 2.45) is 0 Å². The van der Waals surface area contributed by atoms with Gasteiger partial charge < -0.3 is 5.11 Å². The Bertz CT molecular complexity index is 646. The Kier molecular flexibility index (Phi) is 2.92. The van der Waals surface area contributed by atoms with Crippen LogP contribution < -0.4 is 24.0 Å². The largest absolute Gasteiger partial charge is 1.00 e. The summed E-state index contributed by atoms with van der Waals surface area (Å²) in [5, 5.41) is 15.7. The van der Waals surface area contributed by atoms with E-state index in [2.05, 4.69) is 12.1 Å². The van der Waals surface area contributed by atoms with Crippen molar-refractivity contribution < 1.29 is 24.0 Å². The summed E-state index contributed by atoms with van der Waals surface area (Å²) in [5.74, 6) is 0.0956. The third-order valence-electron chi connectivity index (χ3n) is 2.71. The van der Waals surface area contributed by atoms with Gasteiger partial charge in [0.15, 0.2) is 0 Å². The molecule has 0 aliphatic rings. The summed E-state index contributed by atoms with van der Waals surface area (Å²) < 4.78 is 0. The molecule has 0 aliphatic carbocycles. The first-order valence-corrected chi connectivity index (χ1v) is 4.93. The van der Waals surface area contributed by atoms with Crippen molar-refractivity contribution in [1.29, 1.82) is 0 Å². The molecule has 0 aliphatic heterocycles. The Labute approximate surface area is 106 Å². The van der Waals surface area contributed by atoms with Gasteiger partial charge >= 0.3 is 18.9 Å². The average molecular weight is 200 g/mol. The van der Waals surface area contributed by atoms with E-state index in [9.17, 15) is 5.11 Å². The van der Waals surface area contributed by atoms with Crippen molar-refractivity contribution in [2.45, 2.75) is 0 Å². The van der Waals surface area contributed by atoms with Gasteiger partial charge in [-0.1, -0.05) is 42.5 Å². The SMILES string of the molecule is [Li+].[O-]c1cccc2cc3ccccc3cc12.